The predicted octanol–water partition coefficient (Wildman–Crippen LogP) is 3.45. The lowest BCUT2D eigenvalue weighted by molar-refractivity contribution is -0.155. The lowest BCUT2D eigenvalue weighted by atomic mass is 9.95. The summed E-state index contributed by atoms with van der Waals surface area (Å²) in [7, 11) is 0. The number of carbonyl (C=O) groups excluding carboxylic acids is 1. The molecule has 0 aliphatic carbocycles. The standard InChI is InChI=1S/C23H25ClN4O6S/c1-3-32-22(29)17-16(12-28-9-10-33-13(2)21(28)34-23(30)31)26-19(20-25-8-11-35-20)27-18(17)14-6-4-5-7-15(14)24/h4-8,11,13,18,21H,3,9-10,12H2,1-2H3,(H,26,27)(H,30,31)/t13-,18+,21+/m1/s1. The van der Waals surface area contributed by atoms with Gasteiger partial charge in [-0.1, -0.05) is 29.8 Å². The number of carboxylic acid groups (broad SMARTS) is 1. The van der Waals surface area contributed by atoms with Crippen LogP contribution in [-0.2, 0) is 19.0 Å². The smallest absolute Gasteiger partial charge is 0.463 e. The Kier molecular flexibility index (Phi) is 8.01. The minimum Gasteiger partial charge on any atom is -0.463 e. The van der Waals surface area contributed by atoms with E-state index in [0.29, 0.717) is 40.3 Å². The van der Waals surface area contributed by atoms with Crippen LogP contribution in [0, 0.1) is 0 Å². The number of hydrogen-bond acceptors (Lipinski definition) is 10. The molecular weight excluding hydrogens is 496 g/mol. The second-order valence-electron chi connectivity index (χ2n) is 7.80. The highest BCUT2D eigenvalue weighted by Crippen LogP contribution is 2.36. The Labute approximate surface area is 211 Å². The average molecular weight is 521 g/mol. The molecule has 2 N–H and O–H groups in total. The number of halogens is 1. The molecule has 1 aromatic heterocycles. The van der Waals surface area contributed by atoms with E-state index in [1.54, 1.807) is 37.1 Å². The summed E-state index contributed by atoms with van der Waals surface area (Å²) < 4.78 is 16.1. The summed E-state index contributed by atoms with van der Waals surface area (Å²) in [6, 6.07) is 6.42. The topological polar surface area (TPSA) is 123 Å². The van der Waals surface area contributed by atoms with Gasteiger partial charge in [0.1, 0.15) is 12.1 Å². The first kappa shape index (κ1) is 25.1. The van der Waals surface area contributed by atoms with Gasteiger partial charge in [-0.3, -0.25) is 9.89 Å². The lowest BCUT2D eigenvalue weighted by Gasteiger charge is -2.39. The molecule has 0 spiro atoms. The van der Waals surface area contributed by atoms with Crippen LogP contribution in [0.15, 0.2) is 52.1 Å². The largest absolute Gasteiger partial charge is 0.507 e. The van der Waals surface area contributed by atoms with Crippen LogP contribution in [0.4, 0.5) is 4.79 Å². The van der Waals surface area contributed by atoms with E-state index in [1.165, 1.54) is 11.3 Å². The number of esters is 1. The first-order chi connectivity index (χ1) is 16.9. The maximum atomic E-state index is 13.2. The zero-order valence-corrected chi connectivity index (χ0v) is 20.7. The molecule has 186 valence electrons. The summed E-state index contributed by atoms with van der Waals surface area (Å²) in [4.78, 5) is 35.6. The van der Waals surface area contributed by atoms with Crippen molar-refractivity contribution in [2.75, 3.05) is 26.3 Å². The Balaban J connectivity index is 1.81. The van der Waals surface area contributed by atoms with E-state index in [1.807, 2.05) is 17.5 Å². The minimum atomic E-state index is -1.41. The summed E-state index contributed by atoms with van der Waals surface area (Å²) in [5, 5.41) is 15.4. The zero-order valence-electron chi connectivity index (χ0n) is 19.1. The summed E-state index contributed by atoms with van der Waals surface area (Å²) in [5.74, 6) is -0.0659. The number of aromatic nitrogens is 1. The quantitative estimate of drug-likeness (QED) is 0.528. The van der Waals surface area contributed by atoms with Crippen LogP contribution < -0.4 is 5.32 Å². The number of nitrogens with one attached hydrogen (secondary N) is 1. The number of rotatable bonds is 7. The highest BCUT2D eigenvalue weighted by molar-refractivity contribution is 7.11. The van der Waals surface area contributed by atoms with Crippen molar-refractivity contribution < 1.29 is 28.9 Å². The van der Waals surface area contributed by atoms with Gasteiger partial charge in [-0.2, -0.15) is 0 Å². The molecule has 2 aromatic rings. The third kappa shape index (κ3) is 5.64. The van der Waals surface area contributed by atoms with Gasteiger partial charge in [0.05, 0.1) is 18.8 Å². The third-order valence-corrected chi connectivity index (χ3v) is 6.68. The van der Waals surface area contributed by atoms with Crippen molar-refractivity contribution in [3.8, 4) is 0 Å². The van der Waals surface area contributed by atoms with E-state index in [-0.39, 0.29) is 18.7 Å². The van der Waals surface area contributed by atoms with Crippen molar-refractivity contribution in [3.63, 3.8) is 0 Å². The molecule has 1 saturated heterocycles. The maximum Gasteiger partial charge on any atom is 0.507 e. The van der Waals surface area contributed by atoms with Gasteiger partial charge in [-0.05, 0) is 19.9 Å². The Morgan fingerprint density at radius 1 is 1.37 bits per heavy atom. The van der Waals surface area contributed by atoms with E-state index in [9.17, 15) is 14.7 Å². The van der Waals surface area contributed by atoms with Crippen LogP contribution in [-0.4, -0.2) is 71.6 Å². The fourth-order valence-electron chi connectivity index (χ4n) is 4.05. The Morgan fingerprint density at radius 3 is 2.86 bits per heavy atom. The van der Waals surface area contributed by atoms with E-state index in [2.05, 4.69) is 10.3 Å². The summed E-state index contributed by atoms with van der Waals surface area (Å²) in [5.41, 5.74) is 1.43. The van der Waals surface area contributed by atoms with Crippen molar-refractivity contribution in [1.29, 1.82) is 0 Å². The summed E-state index contributed by atoms with van der Waals surface area (Å²) in [6.07, 6.45) is -1.10. The highest BCUT2D eigenvalue weighted by Gasteiger charge is 2.38. The van der Waals surface area contributed by atoms with Crippen LogP contribution in [0.3, 0.4) is 0 Å². The number of aliphatic imine (C=N–C) groups is 1. The van der Waals surface area contributed by atoms with Gasteiger partial charge < -0.3 is 24.6 Å². The van der Waals surface area contributed by atoms with Gasteiger partial charge >= 0.3 is 12.1 Å². The number of benzene rings is 1. The van der Waals surface area contributed by atoms with Crippen LogP contribution in [0.2, 0.25) is 5.02 Å². The fourth-order valence-corrected chi connectivity index (χ4v) is 4.88. The van der Waals surface area contributed by atoms with Crippen molar-refractivity contribution in [2.24, 2.45) is 4.99 Å². The molecule has 3 heterocycles. The van der Waals surface area contributed by atoms with E-state index >= 15 is 0 Å². The highest BCUT2D eigenvalue weighted by atomic mass is 35.5. The fraction of sp³-hybridized carbons (Fsp3) is 0.391. The molecule has 2 aliphatic rings. The molecule has 4 rings (SSSR count). The predicted molar refractivity (Wildman–Crippen MR) is 130 cm³/mol. The van der Waals surface area contributed by atoms with E-state index in [4.69, 9.17) is 30.8 Å². The summed E-state index contributed by atoms with van der Waals surface area (Å²) >= 11 is 7.92. The molecule has 1 fully saturated rings. The molecule has 1 aromatic carbocycles. The number of thiazole rings is 1. The second kappa shape index (κ2) is 11.2. The minimum absolute atomic E-state index is 0.158. The monoisotopic (exact) mass is 520 g/mol. The van der Waals surface area contributed by atoms with Crippen molar-refractivity contribution in [3.05, 3.63) is 62.7 Å². The number of ether oxygens (including phenoxy) is 3. The van der Waals surface area contributed by atoms with Gasteiger partial charge in [0, 0.05) is 40.9 Å². The van der Waals surface area contributed by atoms with Gasteiger partial charge in [0.15, 0.2) is 17.1 Å². The Morgan fingerprint density at radius 2 is 2.17 bits per heavy atom. The molecule has 2 aliphatic heterocycles. The number of nitrogens with zero attached hydrogens (tertiary/aromatic N) is 3. The molecule has 35 heavy (non-hydrogen) atoms. The van der Waals surface area contributed by atoms with E-state index in [0.717, 1.165) is 0 Å². The number of carbonyl (C=O) groups is 2. The Hall–Kier alpha value is -2.99. The van der Waals surface area contributed by atoms with Crippen LogP contribution in [0.25, 0.3) is 0 Å². The second-order valence-corrected chi connectivity index (χ2v) is 9.10. The average Bonchev–Trinajstić information content (AvgIpc) is 3.36. The molecule has 10 nitrogen and oxygen atoms in total. The molecule has 0 bridgehead atoms. The first-order valence-electron chi connectivity index (χ1n) is 11.0. The molecule has 3 atom stereocenters. The van der Waals surface area contributed by atoms with Crippen LogP contribution in [0.5, 0.6) is 0 Å². The van der Waals surface area contributed by atoms with Crippen LogP contribution in [0.1, 0.15) is 30.5 Å². The molecular formula is C23H25ClN4O6S. The lowest BCUT2D eigenvalue weighted by Crippen LogP contribution is -2.54. The SMILES string of the molecule is CCOC(=O)C1=C(CN2CCO[C@H](C)[C@@H]2OC(=O)O)NC(c2nccs2)=N[C@H]1c1ccccc1Cl. The van der Waals surface area contributed by atoms with Gasteiger partial charge in [0.2, 0.25) is 0 Å². The molecule has 0 radical (unpaired) electrons. The molecule has 0 saturated carbocycles. The molecule has 0 unspecified atom stereocenters. The number of hydrogen-bond donors (Lipinski definition) is 2. The van der Waals surface area contributed by atoms with Gasteiger partial charge in [-0.25, -0.2) is 14.6 Å². The van der Waals surface area contributed by atoms with Gasteiger partial charge in [-0.15, -0.1) is 11.3 Å². The normalized spacial score (nSPS) is 22.8. The Bertz CT molecular complexity index is 1140. The van der Waals surface area contributed by atoms with E-state index < -0.39 is 30.5 Å². The number of amidine groups is 1. The number of morpholine rings is 1. The first-order valence-corrected chi connectivity index (χ1v) is 12.3. The summed E-state index contributed by atoms with van der Waals surface area (Å²) in [6.45, 7) is 4.57. The van der Waals surface area contributed by atoms with Crippen molar-refractivity contribution in [2.45, 2.75) is 32.2 Å². The third-order valence-electron chi connectivity index (χ3n) is 5.56. The van der Waals surface area contributed by atoms with Crippen molar-refractivity contribution in [1.82, 2.24) is 15.2 Å². The zero-order chi connectivity index (χ0) is 24.9. The van der Waals surface area contributed by atoms with Gasteiger partial charge in [0.25, 0.3) is 0 Å². The maximum absolute atomic E-state index is 13.2. The van der Waals surface area contributed by atoms with Crippen LogP contribution >= 0.6 is 22.9 Å². The van der Waals surface area contributed by atoms with Crippen molar-refractivity contribution >= 4 is 40.9 Å². The molecule has 0 amide bonds. The molecule has 12 heteroatoms.